The number of anilines is 1. The summed E-state index contributed by atoms with van der Waals surface area (Å²) in [5.41, 5.74) is 1.05. The third kappa shape index (κ3) is 7.93. The van der Waals surface area contributed by atoms with Gasteiger partial charge in [0.2, 0.25) is 11.8 Å². The summed E-state index contributed by atoms with van der Waals surface area (Å²) in [5, 5.41) is 9.36. The molecule has 0 aromatic carbocycles. The Morgan fingerprint density at radius 2 is 1.97 bits per heavy atom. The first kappa shape index (κ1) is 25.4. The van der Waals surface area contributed by atoms with Crippen molar-refractivity contribution in [2.45, 2.75) is 57.9 Å². The van der Waals surface area contributed by atoms with E-state index in [0.29, 0.717) is 30.7 Å². The molecular formula is C22H35IN6O2. The van der Waals surface area contributed by atoms with E-state index >= 15 is 0 Å². The first-order valence-electron chi connectivity index (χ1n) is 11.0. The molecule has 2 fully saturated rings. The molecule has 3 rings (SSSR count). The van der Waals surface area contributed by atoms with Gasteiger partial charge in [-0.3, -0.25) is 14.6 Å². The van der Waals surface area contributed by atoms with Gasteiger partial charge in [0.1, 0.15) is 5.82 Å². The summed E-state index contributed by atoms with van der Waals surface area (Å²) < 4.78 is 0. The fourth-order valence-corrected chi connectivity index (χ4v) is 4.12. The predicted molar refractivity (Wildman–Crippen MR) is 134 cm³/mol. The maximum atomic E-state index is 12.7. The van der Waals surface area contributed by atoms with E-state index in [9.17, 15) is 9.59 Å². The van der Waals surface area contributed by atoms with Crippen LogP contribution in [0.3, 0.4) is 0 Å². The molecule has 0 bridgehead atoms. The van der Waals surface area contributed by atoms with Crippen LogP contribution < -0.4 is 16.0 Å². The number of halogens is 1. The molecule has 1 saturated carbocycles. The summed E-state index contributed by atoms with van der Waals surface area (Å²) in [5.74, 6) is 1.66. The molecule has 3 N–H and O–H groups in total. The number of carbonyl (C=O) groups excluding carboxylic acids is 2. The summed E-state index contributed by atoms with van der Waals surface area (Å²) in [6, 6.07) is 3.90. The van der Waals surface area contributed by atoms with Crippen molar-refractivity contribution in [1.82, 2.24) is 20.5 Å². The van der Waals surface area contributed by atoms with Gasteiger partial charge < -0.3 is 20.9 Å². The van der Waals surface area contributed by atoms with E-state index in [1.165, 1.54) is 19.3 Å². The number of hydrogen-bond donors (Lipinski definition) is 3. The zero-order valence-corrected chi connectivity index (χ0v) is 20.9. The summed E-state index contributed by atoms with van der Waals surface area (Å²) in [6.07, 6.45) is 8.64. The Morgan fingerprint density at radius 3 is 2.65 bits per heavy atom. The van der Waals surface area contributed by atoms with Gasteiger partial charge in [-0.2, -0.15) is 0 Å². The second kappa shape index (κ2) is 12.8. The Hall–Kier alpha value is -1.91. The summed E-state index contributed by atoms with van der Waals surface area (Å²) in [6.45, 7) is 3.94. The number of aryl methyl sites for hydroxylation is 1. The highest BCUT2D eigenvalue weighted by Crippen LogP contribution is 2.26. The number of pyridine rings is 1. The predicted octanol–water partition coefficient (Wildman–Crippen LogP) is 2.68. The van der Waals surface area contributed by atoms with Crippen molar-refractivity contribution in [1.29, 1.82) is 0 Å². The van der Waals surface area contributed by atoms with Crippen molar-refractivity contribution in [2.75, 3.05) is 32.0 Å². The molecule has 2 amide bonds. The summed E-state index contributed by atoms with van der Waals surface area (Å²) >= 11 is 0. The fraction of sp³-hybridized carbons (Fsp3) is 0.636. The summed E-state index contributed by atoms with van der Waals surface area (Å²) in [7, 11) is 1.71. The molecule has 0 radical (unpaired) electrons. The molecule has 1 atom stereocenters. The van der Waals surface area contributed by atoms with Crippen molar-refractivity contribution in [3.63, 3.8) is 0 Å². The molecule has 1 aromatic rings. The Bertz CT molecular complexity index is 749. The number of amides is 2. The number of rotatable bonds is 6. The van der Waals surface area contributed by atoms with Crippen molar-refractivity contribution in [3.8, 4) is 0 Å². The molecule has 1 aliphatic heterocycles. The van der Waals surface area contributed by atoms with Crippen LogP contribution in [0.2, 0.25) is 0 Å². The largest absolute Gasteiger partial charge is 0.356 e. The van der Waals surface area contributed by atoms with E-state index in [-0.39, 0.29) is 41.8 Å². The average molecular weight is 542 g/mol. The van der Waals surface area contributed by atoms with Crippen LogP contribution in [0.15, 0.2) is 23.3 Å². The molecule has 1 saturated heterocycles. The Morgan fingerprint density at radius 1 is 1.19 bits per heavy atom. The summed E-state index contributed by atoms with van der Waals surface area (Å²) in [4.78, 5) is 35.2. The lowest BCUT2D eigenvalue weighted by atomic mass is 9.88. The van der Waals surface area contributed by atoms with E-state index < -0.39 is 0 Å². The number of guanidine groups is 1. The monoisotopic (exact) mass is 542 g/mol. The molecule has 8 nitrogen and oxygen atoms in total. The molecule has 9 heteroatoms. The van der Waals surface area contributed by atoms with Gasteiger partial charge in [-0.25, -0.2) is 4.98 Å². The standard InChI is InChI=1S/C22H34N6O2.HI/c1-16-8-9-19(25-14-16)27-20(29)10-12-24-22(23-2)26-18-11-13-28(15-18)21(30)17-6-4-3-5-7-17;/h8-9,14,17-18H,3-7,10-13,15H2,1-2H3,(H2,23,24,26)(H,25,27,29);1H. The molecule has 1 unspecified atom stereocenters. The van der Waals surface area contributed by atoms with E-state index in [2.05, 4.69) is 25.9 Å². The molecule has 2 heterocycles. The number of carbonyl (C=O) groups is 2. The van der Waals surface area contributed by atoms with Gasteiger partial charge in [0.25, 0.3) is 0 Å². The van der Waals surface area contributed by atoms with Crippen LogP contribution in [0, 0.1) is 12.8 Å². The smallest absolute Gasteiger partial charge is 0.227 e. The maximum Gasteiger partial charge on any atom is 0.227 e. The SMILES string of the molecule is CN=C(NCCC(=O)Nc1ccc(C)cn1)NC1CCN(C(=O)C2CCCCC2)C1.I. The van der Waals surface area contributed by atoms with Crippen LogP contribution >= 0.6 is 24.0 Å². The number of likely N-dealkylation sites (tertiary alicyclic amines) is 1. The quantitative estimate of drug-likeness (QED) is 0.292. The minimum Gasteiger partial charge on any atom is -0.356 e. The van der Waals surface area contributed by atoms with Gasteiger partial charge in [0.05, 0.1) is 0 Å². The van der Waals surface area contributed by atoms with Gasteiger partial charge in [-0.05, 0) is 37.8 Å². The third-order valence-electron chi connectivity index (χ3n) is 5.84. The fourth-order valence-electron chi connectivity index (χ4n) is 4.12. The van der Waals surface area contributed by atoms with E-state index in [1.807, 2.05) is 17.9 Å². The Balaban J connectivity index is 0.00000341. The molecule has 2 aliphatic rings. The van der Waals surface area contributed by atoms with E-state index in [1.54, 1.807) is 19.3 Å². The van der Waals surface area contributed by atoms with E-state index in [0.717, 1.165) is 37.9 Å². The molecule has 1 aliphatic carbocycles. The second-order valence-electron chi connectivity index (χ2n) is 8.27. The van der Waals surface area contributed by atoms with E-state index in [4.69, 9.17) is 0 Å². The van der Waals surface area contributed by atoms with Crippen molar-refractivity contribution in [3.05, 3.63) is 23.9 Å². The average Bonchev–Trinajstić information content (AvgIpc) is 3.23. The van der Waals surface area contributed by atoms with Crippen LogP contribution in [0.5, 0.6) is 0 Å². The van der Waals surface area contributed by atoms with Crippen LogP contribution in [-0.4, -0.2) is 60.4 Å². The second-order valence-corrected chi connectivity index (χ2v) is 8.27. The molecule has 172 valence electrons. The van der Waals surface area contributed by atoms with Crippen LogP contribution in [-0.2, 0) is 9.59 Å². The zero-order chi connectivity index (χ0) is 21.3. The van der Waals surface area contributed by atoms with Gasteiger partial charge in [-0.15, -0.1) is 24.0 Å². The van der Waals surface area contributed by atoms with Gasteiger partial charge in [0.15, 0.2) is 5.96 Å². The number of nitrogens with one attached hydrogen (secondary N) is 3. The van der Waals surface area contributed by atoms with Gasteiger partial charge in [0, 0.05) is 51.3 Å². The minimum absolute atomic E-state index is 0. The number of nitrogens with zero attached hydrogens (tertiary/aromatic N) is 3. The lowest BCUT2D eigenvalue weighted by Gasteiger charge is -2.26. The van der Waals surface area contributed by atoms with Crippen molar-refractivity contribution in [2.24, 2.45) is 10.9 Å². The highest BCUT2D eigenvalue weighted by molar-refractivity contribution is 14.0. The number of aromatic nitrogens is 1. The molecular weight excluding hydrogens is 507 g/mol. The molecule has 31 heavy (non-hydrogen) atoms. The highest BCUT2D eigenvalue weighted by atomic mass is 127. The number of hydrogen-bond acceptors (Lipinski definition) is 4. The van der Waals surface area contributed by atoms with Crippen molar-refractivity contribution < 1.29 is 9.59 Å². The normalized spacial score (nSPS) is 19.5. The topological polar surface area (TPSA) is 98.7 Å². The zero-order valence-electron chi connectivity index (χ0n) is 18.5. The van der Waals surface area contributed by atoms with Gasteiger partial charge >= 0.3 is 0 Å². The van der Waals surface area contributed by atoms with Crippen LogP contribution in [0.4, 0.5) is 5.82 Å². The third-order valence-corrected chi connectivity index (χ3v) is 5.84. The van der Waals surface area contributed by atoms with Crippen LogP contribution in [0.1, 0.15) is 50.5 Å². The first-order valence-corrected chi connectivity index (χ1v) is 11.0. The maximum absolute atomic E-state index is 12.7. The van der Waals surface area contributed by atoms with Crippen LogP contribution in [0.25, 0.3) is 0 Å². The lowest BCUT2D eigenvalue weighted by molar-refractivity contribution is -0.135. The lowest BCUT2D eigenvalue weighted by Crippen LogP contribution is -2.46. The molecule has 1 aromatic heterocycles. The Kier molecular flexibility index (Phi) is 10.5. The highest BCUT2D eigenvalue weighted by Gasteiger charge is 2.31. The first-order chi connectivity index (χ1) is 14.5. The molecule has 0 spiro atoms. The van der Waals surface area contributed by atoms with Gasteiger partial charge in [-0.1, -0.05) is 25.3 Å². The number of aliphatic imine (C=N–C) groups is 1. The Labute approximate surface area is 202 Å². The van der Waals surface area contributed by atoms with Crippen molar-refractivity contribution >= 4 is 47.6 Å². The minimum atomic E-state index is -0.0978.